The van der Waals surface area contributed by atoms with Gasteiger partial charge in [-0.2, -0.15) is 0 Å². The van der Waals surface area contributed by atoms with Gasteiger partial charge in [0.15, 0.2) is 0 Å². The van der Waals surface area contributed by atoms with E-state index in [9.17, 15) is 0 Å². The van der Waals surface area contributed by atoms with E-state index in [0.717, 1.165) is 10.9 Å². The van der Waals surface area contributed by atoms with E-state index in [0.29, 0.717) is 17.9 Å². The molecule has 0 radical (unpaired) electrons. The van der Waals surface area contributed by atoms with Crippen molar-refractivity contribution < 1.29 is 0 Å². The van der Waals surface area contributed by atoms with Gasteiger partial charge < -0.3 is 5.32 Å². The summed E-state index contributed by atoms with van der Waals surface area (Å²) in [6, 6.07) is 26.6. The Morgan fingerprint density at radius 3 is 2.58 bits per heavy atom. The molecule has 0 bridgehead atoms. The van der Waals surface area contributed by atoms with E-state index in [-0.39, 0.29) is 0 Å². The third-order valence-electron chi connectivity index (χ3n) is 5.68. The number of hydrogen-bond acceptors (Lipinski definition) is 1. The lowest BCUT2D eigenvalue weighted by atomic mass is 9.76. The summed E-state index contributed by atoms with van der Waals surface area (Å²) in [5.41, 5.74) is 6.63. The van der Waals surface area contributed by atoms with Crippen LogP contribution < -0.4 is 5.32 Å². The maximum atomic E-state index is 3.83. The van der Waals surface area contributed by atoms with Crippen molar-refractivity contribution in [1.82, 2.24) is 0 Å². The fourth-order valence-corrected chi connectivity index (χ4v) is 4.85. The van der Waals surface area contributed by atoms with Gasteiger partial charge in [-0.3, -0.25) is 0 Å². The molecule has 0 spiro atoms. The molecule has 0 amide bonds. The van der Waals surface area contributed by atoms with Gasteiger partial charge >= 0.3 is 0 Å². The summed E-state index contributed by atoms with van der Waals surface area (Å²) in [6.45, 7) is 0. The van der Waals surface area contributed by atoms with Crippen LogP contribution in [0.25, 0.3) is 11.1 Å². The van der Waals surface area contributed by atoms with Crippen LogP contribution in [-0.2, 0) is 0 Å². The SMILES string of the molecule is Brc1cccc([C@@H]2Nc3ccc(-c4ccccc4)cc3[C@H]3C=CC[C@H]32)c1. The monoisotopic (exact) mass is 401 g/mol. The topological polar surface area (TPSA) is 12.0 Å². The van der Waals surface area contributed by atoms with Crippen LogP contribution in [0.3, 0.4) is 0 Å². The summed E-state index contributed by atoms with van der Waals surface area (Å²) in [5, 5.41) is 3.83. The van der Waals surface area contributed by atoms with Crippen LogP contribution in [0.1, 0.15) is 29.5 Å². The maximum Gasteiger partial charge on any atom is 0.0554 e. The second-order valence-electron chi connectivity index (χ2n) is 7.20. The highest BCUT2D eigenvalue weighted by molar-refractivity contribution is 9.10. The molecule has 128 valence electrons. The van der Waals surface area contributed by atoms with Gasteiger partial charge in [-0.05, 0) is 58.9 Å². The molecule has 2 heteroatoms. The van der Waals surface area contributed by atoms with E-state index in [2.05, 4.69) is 106 Å². The molecule has 0 fully saturated rings. The van der Waals surface area contributed by atoms with Gasteiger partial charge in [-0.25, -0.2) is 0 Å². The number of hydrogen-bond donors (Lipinski definition) is 1. The summed E-state index contributed by atoms with van der Waals surface area (Å²) >= 11 is 3.63. The third-order valence-corrected chi connectivity index (χ3v) is 6.17. The minimum Gasteiger partial charge on any atom is -0.378 e. The molecule has 3 aromatic carbocycles. The van der Waals surface area contributed by atoms with Crippen molar-refractivity contribution in [2.75, 3.05) is 5.32 Å². The summed E-state index contributed by atoms with van der Waals surface area (Å²) in [5.74, 6) is 1.06. The first-order valence-corrected chi connectivity index (χ1v) is 9.97. The van der Waals surface area contributed by atoms with Gasteiger partial charge in [0.2, 0.25) is 0 Å². The number of anilines is 1. The molecule has 2 aliphatic rings. The molecule has 1 aliphatic heterocycles. The van der Waals surface area contributed by atoms with Crippen LogP contribution in [0.4, 0.5) is 5.69 Å². The zero-order chi connectivity index (χ0) is 17.5. The molecule has 0 unspecified atom stereocenters. The van der Waals surface area contributed by atoms with E-state index in [1.54, 1.807) is 0 Å². The molecule has 1 nitrogen and oxygen atoms in total. The molecule has 1 heterocycles. The van der Waals surface area contributed by atoms with Crippen LogP contribution in [0.15, 0.2) is 89.4 Å². The average molecular weight is 402 g/mol. The zero-order valence-electron chi connectivity index (χ0n) is 14.4. The Bertz CT molecular complexity index is 977. The summed E-state index contributed by atoms with van der Waals surface area (Å²) in [4.78, 5) is 0. The van der Waals surface area contributed by atoms with E-state index in [1.807, 2.05) is 0 Å². The molecule has 1 aliphatic carbocycles. The predicted molar refractivity (Wildman–Crippen MR) is 112 cm³/mol. The van der Waals surface area contributed by atoms with Crippen LogP contribution in [0.2, 0.25) is 0 Å². The predicted octanol–water partition coefficient (Wildman–Crippen LogP) is 6.94. The first-order chi connectivity index (χ1) is 12.8. The van der Waals surface area contributed by atoms with Gasteiger partial charge in [-0.15, -0.1) is 0 Å². The lowest BCUT2D eigenvalue weighted by molar-refractivity contribution is 0.425. The molecule has 26 heavy (non-hydrogen) atoms. The van der Waals surface area contributed by atoms with Crippen LogP contribution in [0.5, 0.6) is 0 Å². The Labute approximate surface area is 162 Å². The fraction of sp³-hybridized carbons (Fsp3) is 0.167. The van der Waals surface area contributed by atoms with Crippen molar-refractivity contribution in [2.45, 2.75) is 18.4 Å². The van der Waals surface area contributed by atoms with Crippen molar-refractivity contribution in [3.8, 4) is 11.1 Å². The van der Waals surface area contributed by atoms with Crippen molar-refractivity contribution in [1.29, 1.82) is 0 Å². The Balaban J connectivity index is 1.57. The number of fused-ring (bicyclic) bond motifs is 3. The van der Waals surface area contributed by atoms with Gasteiger partial charge in [0.1, 0.15) is 0 Å². The lowest BCUT2D eigenvalue weighted by Gasteiger charge is -2.38. The van der Waals surface area contributed by atoms with E-state index >= 15 is 0 Å². The number of halogens is 1. The van der Waals surface area contributed by atoms with Crippen molar-refractivity contribution in [2.24, 2.45) is 5.92 Å². The largest absolute Gasteiger partial charge is 0.378 e. The van der Waals surface area contributed by atoms with Crippen LogP contribution >= 0.6 is 15.9 Å². The number of benzene rings is 3. The molecule has 0 saturated carbocycles. The number of nitrogens with one attached hydrogen (secondary N) is 1. The molecule has 3 atom stereocenters. The minimum atomic E-state index is 0.350. The summed E-state index contributed by atoms with van der Waals surface area (Å²) in [7, 11) is 0. The smallest absolute Gasteiger partial charge is 0.0554 e. The van der Waals surface area contributed by atoms with Crippen LogP contribution in [0, 0.1) is 5.92 Å². The van der Waals surface area contributed by atoms with E-state index in [1.165, 1.54) is 27.9 Å². The first-order valence-electron chi connectivity index (χ1n) is 9.17. The molecule has 0 saturated heterocycles. The second kappa shape index (κ2) is 6.44. The highest BCUT2D eigenvalue weighted by Gasteiger charge is 2.37. The normalized spacial score (nSPS) is 23.2. The maximum absolute atomic E-state index is 3.83. The van der Waals surface area contributed by atoms with Crippen LogP contribution in [-0.4, -0.2) is 0 Å². The first kappa shape index (κ1) is 15.9. The molecule has 3 aromatic rings. The van der Waals surface area contributed by atoms with Gasteiger partial charge in [0.25, 0.3) is 0 Å². The van der Waals surface area contributed by atoms with Crippen molar-refractivity contribution >= 4 is 21.6 Å². The molecule has 0 aromatic heterocycles. The Morgan fingerprint density at radius 2 is 1.73 bits per heavy atom. The summed E-state index contributed by atoms with van der Waals surface area (Å²) in [6.07, 6.45) is 5.89. The van der Waals surface area contributed by atoms with E-state index in [4.69, 9.17) is 0 Å². The standard InChI is InChI=1S/C24H20BrN/c25-19-9-4-8-18(14-19)24-21-11-5-10-20(21)22-15-17(12-13-23(22)26-24)16-6-2-1-3-7-16/h1-10,12-15,20-21,24,26H,11H2/t20-,21+,24-/m0/s1. The number of allylic oxidation sites excluding steroid dienone is 2. The van der Waals surface area contributed by atoms with Gasteiger partial charge in [0, 0.05) is 16.1 Å². The highest BCUT2D eigenvalue weighted by atomic mass is 79.9. The lowest BCUT2D eigenvalue weighted by Crippen LogP contribution is -2.29. The Hall–Kier alpha value is -2.32. The molecular weight excluding hydrogens is 382 g/mol. The Kier molecular flexibility index (Phi) is 3.94. The second-order valence-corrected chi connectivity index (χ2v) is 8.11. The van der Waals surface area contributed by atoms with Crippen molar-refractivity contribution in [3.05, 3.63) is 101 Å². The third kappa shape index (κ3) is 2.69. The molecular formula is C24H20BrN. The fourth-order valence-electron chi connectivity index (χ4n) is 4.43. The number of rotatable bonds is 2. The molecule has 5 rings (SSSR count). The average Bonchev–Trinajstić information content (AvgIpc) is 3.18. The summed E-state index contributed by atoms with van der Waals surface area (Å²) < 4.78 is 1.14. The highest BCUT2D eigenvalue weighted by Crippen LogP contribution is 2.50. The Morgan fingerprint density at radius 1 is 0.846 bits per heavy atom. The minimum absolute atomic E-state index is 0.350. The quantitative estimate of drug-likeness (QED) is 0.458. The van der Waals surface area contributed by atoms with Gasteiger partial charge in [-0.1, -0.05) is 76.6 Å². The van der Waals surface area contributed by atoms with Crippen molar-refractivity contribution in [3.63, 3.8) is 0 Å². The molecule has 1 N–H and O–H groups in total. The van der Waals surface area contributed by atoms with Gasteiger partial charge in [0.05, 0.1) is 6.04 Å². The zero-order valence-corrected chi connectivity index (χ0v) is 16.0. The van der Waals surface area contributed by atoms with E-state index < -0.39 is 0 Å².